The quantitative estimate of drug-likeness (QED) is 0.429. The van der Waals surface area contributed by atoms with Crippen molar-refractivity contribution >= 4 is 33.3 Å². The number of hydrogen-bond donors (Lipinski definition) is 1. The van der Waals surface area contributed by atoms with Gasteiger partial charge in [-0.3, -0.25) is 4.79 Å². The van der Waals surface area contributed by atoms with Crippen LogP contribution in [0.15, 0.2) is 78.9 Å². The zero-order valence-corrected chi connectivity index (χ0v) is 13.3. The molecule has 0 aliphatic rings. The number of carbonyl (C=O) groups excluding carboxylic acids is 1. The lowest BCUT2D eigenvalue weighted by Crippen LogP contribution is -2.10. The van der Waals surface area contributed by atoms with Gasteiger partial charge in [0.15, 0.2) is 5.78 Å². The molecule has 0 aliphatic heterocycles. The van der Waals surface area contributed by atoms with Crippen LogP contribution in [0.5, 0.6) is 0 Å². The summed E-state index contributed by atoms with van der Waals surface area (Å²) in [5.74, 6) is -1.38. The average molecular weight is 326 g/mol. The number of carboxylic acids is 1. The van der Waals surface area contributed by atoms with E-state index in [4.69, 9.17) is 0 Å². The molecule has 0 aromatic heterocycles. The van der Waals surface area contributed by atoms with E-state index in [0.717, 1.165) is 21.5 Å². The van der Waals surface area contributed by atoms with Crippen LogP contribution in [0.2, 0.25) is 0 Å². The molecule has 4 aromatic rings. The third kappa shape index (κ3) is 2.46. The predicted octanol–water partition coefficient (Wildman–Crippen LogP) is 4.92. The van der Waals surface area contributed by atoms with Crippen LogP contribution >= 0.6 is 0 Å². The molecule has 1 N–H and O–H groups in total. The third-order valence-corrected chi connectivity index (χ3v) is 4.40. The highest BCUT2D eigenvalue weighted by atomic mass is 16.4. The van der Waals surface area contributed by atoms with Gasteiger partial charge in [-0.25, -0.2) is 4.79 Å². The molecule has 0 radical (unpaired) electrons. The summed E-state index contributed by atoms with van der Waals surface area (Å²) in [5, 5.41) is 13.0. The fourth-order valence-corrected chi connectivity index (χ4v) is 3.26. The molecule has 0 aliphatic carbocycles. The second kappa shape index (κ2) is 5.87. The summed E-state index contributed by atoms with van der Waals surface area (Å²) in [4.78, 5) is 24.9. The van der Waals surface area contributed by atoms with Crippen molar-refractivity contribution in [2.75, 3.05) is 0 Å². The van der Waals surface area contributed by atoms with E-state index in [2.05, 4.69) is 0 Å². The first-order chi connectivity index (χ1) is 12.2. The highest BCUT2D eigenvalue weighted by Gasteiger charge is 2.21. The Morgan fingerprint density at radius 1 is 0.640 bits per heavy atom. The van der Waals surface area contributed by atoms with Gasteiger partial charge in [-0.05, 0) is 33.7 Å². The standard InChI is InChI=1S/C22H14O3/c23-21(18-11-5-6-12-19(18)22(24)25)20-16-9-3-1-7-14(16)13-15-8-2-4-10-17(15)20/h1-13H,(H,24,25). The summed E-state index contributed by atoms with van der Waals surface area (Å²) in [6.45, 7) is 0. The molecule has 3 nitrogen and oxygen atoms in total. The van der Waals surface area contributed by atoms with Gasteiger partial charge >= 0.3 is 5.97 Å². The van der Waals surface area contributed by atoms with Crippen LogP contribution < -0.4 is 0 Å². The lowest BCUT2D eigenvalue weighted by molar-refractivity contribution is 0.0693. The molecule has 0 spiro atoms. The number of aromatic carboxylic acids is 1. The monoisotopic (exact) mass is 326 g/mol. The molecular weight excluding hydrogens is 312 g/mol. The molecule has 25 heavy (non-hydrogen) atoms. The molecule has 4 aromatic carbocycles. The molecule has 120 valence electrons. The smallest absolute Gasteiger partial charge is 0.336 e. The molecule has 0 bridgehead atoms. The first-order valence-electron chi connectivity index (χ1n) is 7.94. The van der Waals surface area contributed by atoms with Crippen LogP contribution in [-0.2, 0) is 0 Å². The first kappa shape index (κ1) is 15.1. The van der Waals surface area contributed by atoms with E-state index in [1.807, 2.05) is 54.6 Å². The summed E-state index contributed by atoms with van der Waals surface area (Å²) in [6.07, 6.45) is 0. The van der Waals surface area contributed by atoms with Gasteiger partial charge in [0.2, 0.25) is 0 Å². The normalized spacial score (nSPS) is 10.9. The topological polar surface area (TPSA) is 54.4 Å². The van der Waals surface area contributed by atoms with Crippen LogP contribution in [0.1, 0.15) is 26.3 Å². The maximum Gasteiger partial charge on any atom is 0.336 e. The minimum Gasteiger partial charge on any atom is -0.478 e. The van der Waals surface area contributed by atoms with E-state index in [9.17, 15) is 14.7 Å². The Morgan fingerprint density at radius 3 is 1.68 bits per heavy atom. The van der Waals surface area contributed by atoms with Gasteiger partial charge < -0.3 is 5.11 Å². The van der Waals surface area contributed by atoms with Crippen LogP contribution in [-0.4, -0.2) is 16.9 Å². The van der Waals surface area contributed by atoms with E-state index in [-0.39, 0.29) is 16.9 Å². The molecule has 0 amide bonds. The van der Waals surface area contributed by atoms with Gasteiger partial charge in [0.1, 0.15) is 0 Å². The number of benzene rings is 4. The molecule has 0 unspecified atom stereocenters. The Kier molecular flexibility index (Phi) is 3.55. The van der Waals surface area contributed by atoms with E-state index in [0.29, 0.717) is 5.56 Å². The highest BCUT2D eigenvalue weighted by molar-refractivity contribution is 6.26. The van der Waals surface area contributed by atoms with Crippen molar-refractivity contribution in [1.82, 2.24) is 0 Å². The number of hydrogen-bond acceptors (Lipinski definition) is 2. The summed E-state index contributed by atoms with van der Waals surface area (Å²) in [7, 11) is 0. The van der Waals surface area contributed by atoms with Crippen LogP contribution in [0.25, 0.3) is 21.5 Å². The lowest BCUT2D eigenvalue weighted by Gasteiger charge is -2.12. The zero-order chi connectivity index (χ0) is 17.4. The molecule has 0 saturated heterocycles. The van der Waals surface area contributed by atoms with Gasteiger partial charge in [0.05, 0.1) is 5.56 Å². The molecule has 4 rings (SSSR count). The fourth-order valence-electron chi connectivity index (χ4n) is 3.26. The van der Waals surface area contributed by atoms with Crippen molar-refractivity contribution in [3.63, 3.8) is 0 Å². The molecule has 0 saturated carbocycles. The average Bonchev–Trinajstić information content (AvgIpc) is 2.65. The van der Waals surface area contributed by atoms with Gasteiger partial charge in [-0.2, -0.15) is 0 Å². The predicted molar refractivity (Wildman–Crippen MR) is 98.3 cm³/mol. The van der Waals surface area contributed by atoms with Gasteiger partial charge in [0.25, 0.3) is 0 Å². The second-order valence-corrected chi connectivity index (χ2v) is 5.87. The number of carboxylic acid groups (broad SMARTS) is 1. The van der Waals surface area contributed by atoms with Crippen molar-refractivity contribution in [2.45, 2.75) is 0 Å². The second-order valence-electron chi connectivity index (χ2n) is 5.87. The number of rotatable bonds is 3. The number of fused-ring (bicyclic) bond motifs is 2. The Hall–Kier alpha value is -3.46. The van der Waals surface area contributed by atoms with Crippen molar-refractivity contribution in [1.29, 1.82) is 0 Å². The van der Waals surface area contributed by atoms with E-state index < -0.39 is 5.97 Å². The first-order valence-corrected chi connectivity index (χ1v) is 7.94. The Balaban J connectivity index is 2.09. The van der Waals surface area contributed by atoms with E-state index >= 15 is 0 Å². The third-order valence-electron chi connectivity index (χ3n) is 4.40. The summed E-state index contributed by atoms with van der Waals surface area (Å²) in [6, 6.07) is 23.7. The minimum atomic E-state index is -1.10. The summed E-state index contributed by atoms with van der Waals surface area (Å²) >= 11 is 0. The number of carbonyl (C=O) groups is 2. The number of ketones is 1. The van der Waals surface area contributed by atoms with Crippen molar-refractivity contribution in [3.05, 3.63) is 95.6 Å². The van der Waals surface area contributed by atoms with Crippen molar-refractivity contribution < 1.29 is 14.7 Å². The molecule has 0 atom stereocenters. The SMILES string of the molecule is O=C(O)c1ccccc1C(=O)c1c2ccccc2cc2ccccc12. The maximum absolute atomic E-state index is 13.3. The van der Waals surface area contributed by atoms with Crippen LogP contribution in [0.3, 0.4) is 0 Å². The van der Waals surface area contributed by atoms with Crippen LogP contribution in [0.4, 0.5) is 0 Å². The summed E-state index contributed by atoms with van der Waals surface area (Å²) < 4.78 is 0. The zero-order valence-electron chi connectivity index (χ0n) is 13.3. The van der Waals surface area contributed by atoms with Crippen molar-refractivity contribution in [3.8, 4) is 0 Å². The minimum absolute atomic E-state index is 0.0181. The Labute approximate surface area is 144 Å². The van der Waals surface area contributed by atoms with Gasteiger partial charge in [0, 0.05) is 11.1 Å². The van der Waals surface area contributed by atoms with Gasteiger partial charge in [-0.15, -0.1) is 0 Å². The summed E-state index contributed by atoms with van der Waals surface area (Å²) in [5.41, 5.74) is 0.767. The van der Waals surface area contributed by atoms with E-state index in [1.54, 1.807) is 18.2 Å². The Bertz CT molecular complexity index is 1090. The van der Waals surface area contributed by atoms with Crippen molar-refractivity contribution in [2.24, 2.45) is 0 Å². The van der Waals surface area contributed by atoms with Crippen LogP contribution in [0, 0.1) is 0 Å². The maximum atomic E-state index is 13.3. The fraction of sp³-hybridized carbons (Fsp3) is 0. The Morgan fingerprint density at radius 2 is 1.12 bits per heavy atom. The lowest BCUT2D eigenvalue weighted by atomic mass is 9.90. The largest absolute Gasteiger partial charge is 0.478 e. The van der Waals surface area contributed by atoms with Gasteiger partial charge in [-0.1, -0.05) is 66.7 Å². The van der Waals surface area contributed by atoms with E-state index in [1.165, 1.54) is 6.07 Å². The molecule has 3 heteroatoms. The molecular formula is C22H14O3. The highest BCUT2D eigenvalue weighted by Crippen LogP contribution is 2.31. The molecule has 0 heterocycles. The molecule has 0 fully saturated rings.